The monoisotopic (exact) mass is 240 g/mol. The number of hydrogen-bond acceptors (Lipinski definition) is 4. The topological polar surface area (TPSA) is 34.1 Å². The zero-order valence-corrected chi connectivity index (χ0v) is 10.4. The van der Waals surface area contributed by atoms with E-state index < -0.39 is 9.84 Å². The van der Waals surface area contributed by atoms with Crippen LogP contribution in [0.5, 0.6) is 0 Å². The summed E-state index contributed by atoms with van der Waals surface area (Å²) in [7, 11) is -2.77. The van der Waals surface area contributed by atoms with Gasteiger partial charge in [-0.15, -0.1) is 0 Å². The van der Waals surface area contributed by atoms with E-state index in [0.717, 1.165) is 17.3 Å². The number of hydrogen-bond donors (Lipinski definition) is 1. The molecule has 0 atom stereocenters. The highest BCUT2D eigenvalue weighted by molar-refractivity contribution is 8.00. The largest absolute Gasteiger partial charge is 0.229 e. The Kier molecular flexibility index (Phi) is 4.01. The van der Waals surface area contributed by atoms with Crippen molar-refractivity contribution in [1.82, 2.24) is 0 Å². The molecular weight excluding hydrogens is 224 g/mol. The first-order valence-corrected chi connectivity index (χ1v) is 8.19. The molecule has 1 aliphatic rings. The van der Waals surface area contributed by atoms with Gasteiger partial charge in [0.05, 0.1) is 5.75 Å². The molecule has 1 rings (SSSR count). The summed E-state index contributed by atoms with van der Waals surface area (Å²) >= 11 is 6.04. The fourth-order valence-corrected chi connectivity index (χ4v) is 4.25. The average Bonchev–Trinajstić information content (AvgIpc) is 2.78. The van der Waals surface area contributed by atoms with Crippen molar-refractivity contribution >= 4 is 34.2 Å². The van der Waals surface area contributed by atoms with Gasteiger partial charge < -0.3 is 0 Å². The molecule has 0 heterocycles. The summed E-state index contributed by atoms with van der Waals surface area (Å²) < 4.78 is 21.6. The summed E-state index contributed by atoms with van der Waals surface area (Å²) in [6.07, 6.45) is 3.82. The van der Waals surface area contributed by atoms with Gasteiger partial charge in [-0.05, 0) is 29.8 Å². The van der Waals surface area contributed by atoms with Crippen LogP contribution >= 0.6 is 24.4 Å². The van der Waals surface area contributed by atoms with Crippen LogP contribution in [-0.2, 0) is 9.84 Å². The van der Waals surface area contributed by atoms with E-state index in [1.54, 1.807) is 11.8 Å². The SMILES string of the molecule is CS(=O)(=O)CCSCC1(CS)CC1. The molecule has 13 heavy (non-hydrogen) atoms. The Hall–Kier alpha value is 0.650. The van der Waals surface area contributed by atoms with Gasteiger partial charge in [0.2, 0.25) is 0 Å². The standard InChI is InChI=1S/C8H16O2S3/c1-13(9,10)5-4-12-7-8(6-11)2-3-8/h11H,2-7H2,1H3. The maximum atomic E-state index is 10.8. The molecule has 0 aromatic heterocycles. The van der Waals surface area contributed by atoms with Gasteiger partial charge >= 0.3 is 0 Å². The van der Waals surface area contributed by atoms with E-state index in [4.69, 9.17) is 0 Å². The lowest BCUT2D eigenvalue weighted by Gasteiger charge is -2.09. The van der Waals surface area contributed by atoms with Crippen molar-refractivity contribution in [2.24, 2.45) is 5.41 Å². The maximum Gasteiger partial charge on any atom is 0.148 e. The Morgan fingerprint density at radius 1 is 1.46 bits per heavy atom. The van der Waals surface area contributed by atoms with E-state index in [0.29, 0.717) is 11.2 Å². The van der Waals surface area contributed by atoms with Gasteiger partial charge in [0.1, 0.15) is 9.84 Å². The zero-order chi connectivity index (χ0) is 9.95. The third-order valence-electron chi connectivity index (χ3n) is 2.30. The van der Waals surface area contributed by atoms with Crippen LogP contribution < -0.4 is 0 Å². The maximum absolute atomic E-state index is 10.8. The molecular formula is C8H16O2S3. The molecule has 0 aromatic carbocycles. The Morgan fingerprint density at radius 3 is 2.46 bits per heavy atom. The Labute approximate surface area is 90.2 Å². The Balaban J connectivity index is 2.08. The molecule has 0 amide bonds. The molecule has 0 aromatic rings. The lowest BCUT2D eigenvalue weighted by Crippen LogP contribution is -2.10. The quantitative estimate of drug-likeness (QED) is 0.564. The second kappa shape index (κ2) is 4.45. The van der Waals surface area contributed by atoms with Crippen LogP contribution in [0, 0.1) is 5.41 Å². The van der Waals surface area contributed by atoms with Crippen LogP contribution in [0.1, 0.15) is 12.8 Å². The summed E-state index contributed by atoms with van der Waals surface area (Å²) in [6, 6.07) is 0. The van der Waals surface area contributed by atoms with Crippen molar-refractivity contribution in [2.45, 2.75) is 12.8 Å². The summed E-state index contributed by atoms with van der Waals surface area (Å²) in [4.78, 5) is 0. The zero-order valence-electron chi connectivity index (χ0n) is 7.82. The van der Waals surface area contributed by atoms with Gasteiger partial charge in [-0.1, -0.05) is 0 Å². The summed E-state index contributed by atoms with van der Waals surface area (Å²) in [5.74, 6) is 3.06. The van der Waals surface area contributed by atoms with E-state index in [1.807, 2.05) is 0 Å². The molecule has 0 saturated heterocycles. The lowest BCUT2D eigenvalue weighted by molar-refractivity contribution is 0.603. The number of thiol groups is 1. The molecule has 1 aliphatic carbocycles. The fraction of sp³-hybridized carbons (Fsp3) is 1.00. The molecule has 0 aliphatic heterocycles. The van der Waals surface area contributed by atoms with E-state index in [1.165, 1.54) is 19.1 Å². The highest BCUT2D eigenvalue weighted by atomic mass is 32.2. The first-order chi connectivity index (χ1) is 5.97. The van der Waals surface area contributed by atoms with Gasteiger partial charge in [-0.2, -0.15) is 24.4 Å². The third kappa shape index (κ3) is 4.61. The predicted molar refractivity (Wildman–Crippen MR) is 62.6 cm³/mol. The average molecular weight is 240 g/mol. The minimum atomic E-state index is -2.77. The predicted octanol–water partition coefficient (Wildman–Crippen LogP) is 1.47. The van der Waals surface area contributed by atoms with E-state index in [2.05, 4.69) is 12.6 Å². The molecule has 0 bridgehead atoms. The molecule has 0 spiro atoms. The molecule has 5 heteroatoms. The number of thioether (sulfide) groups is 1. The van der Waals surface area contributed by atoms with Gasteiger partial charge in [-0.25, -0.2) is 8.42 Å². The van der Waals surface area contributed by atoms with Crippen LogP contribution in [0.3, 0.4) is 0 Å². The van der Waals surface area contributed by atoms with Gasteiger partial charge in [0.15, 0.2) is 0 Å². The molecule has 2 nitrogen and oxygen atoms in total. The van der Waals surface area contributed by atoms with Crippen LogP contribution in [0.15, 0.2) is 0 Å². The van der Waals surface area contributed by atoms with Crippen molar-refractivity contribution in [1.29, 1.82) is 0 Å². The molecule has 0 unspecified atom stereocenters. The van der Waals surface area contributed by atoms with Crippen LogP contribution in [0.2, 0.25) is 0 Å². The third-order valence-corrected chi connectivity index (χ3v) is 5.48. The van der Waals surface area contributed by atoms with Gasteiger partial charge in [0, 0.05) is 12.0 Å². The summed E-state index contributed by atoms with van der Waals surface area (Å²) in [5.41, 5.74) is 0.450. The molecule has 78 valence electrons. The van der Waals surface area contributed by atoms with Crippen molar-refractivity contribution in [3.8, 4) is 0 Å². The molecule has 1 fully saturated rings. The van der Waals surface area contributed by atoms with E-state index in [9.17, 15) is 8.42 Å². The fourth-order valence-electron chi connectivity index (χ4n) is 1.02. The van der Waals surface area contributed by atoms with Crippen LogP contribution in [-0.4, -0.2) is 37.7 Å². The summed E-state index contributed by atoms with van der Waals surface area (Å²) in [6.45, 7) is 0. The first-order valence-electron chi connectivity index (χ1n) is 4.34. The highest BCUT2D eigenvalue weighted by Gasteiger charge is 2.40. The molecule has 0 N–H and O–H groups in total. The van der Waals surface area contributed by atoms with Gasteiger partial charge in [0.25, 0.3) is 0 Å². The highest BCUT2D eigenvalue weighted by Crippen LogP contribution is 2.48. The van der Waals surface area contributed by atoms with Crippen molar-refractivity contribution < 1.29 is 8.42 Å². The summed E-state index contributed by atoms with van der Waals surface area (Å²) in [5, 5.41) is 0. The first kappa shape index (κ1) is 11.7. The minimum absolute atomic E-state index is 0.306. The lowest BCUT2D eigenvalue weighted by atomic mass is 10.2. The van der Waals surface area contributed by atoms with Crippen LogP contribution in [0.4, 0.5) is 0 Å². The number of sulfone groups is 1. The van der Waals surface area contributed by atoms with Crippen molar-refractivity contribution in [2.75, 3.05) is 29.3 Å². The van der Waals surface area contributed by atoms with E-state index >= 15 is 0 Å². The minimum Gasteiger partial charge on any atom is -0.229 e. The second-order valence-electron chi connectivity index (χ2n) is 3.84. The van der Waals surface area contributed by atoms with Crippen LogP contribution in [0.25, 0.3) is 0 Å². The van der Waals surface area contributed by atoms with Crippen molar-refractivity contribution in [3.05, 3.63) is 0 Å². The molecule has 0 radical (unpaired) electrons. The smallest absolute Gasteiger partial charge is 0.148 e. The van der Waals surface area contributed by atoms with E-state index in [-0.39, 0.29) is 0 Å². The normalized spacial score (nSPS) is 20.2. The number of rotatable bonds is 6. The Morgan fingerprint density at radius 2 is 2.08 bits per heavy atom. The molecule has 1 saturated carbocycles. The van der Waals surface area contributed by atoms with Crippen molar-refractivity contribution in [3.63, 3.8) is 0 Å². The second-order valence-corrected chi connectivity index (χ2v) is 7.52. The Bertz CT molecular complexity index is 255. The van der Waals surface area contributed by atoms with Gasteiger partial charge in [-0.3, -0.25) is 0 Å².